The molecule has 198 valence electrons. The monoisotopic (exact) mass is 493 g/mol. The Kier molecular flexibility index (Phi) is 4.62. The molecule has 4 aliphatic carbocycles. The van der Waals surface area contributed by atoms with Crippen molar-refractivity contribution >= 4 is 0 Å². The zero-order valence-corrected chi connectivity index (χ0v) is 21.2. The lowest BCUT2D eigenvalue weighted by atomic mass is 9.49. The highest BCUT2D eigenvalue weighted by Gasteiger charge is 2.84. The molecule has 6 N–H and O–H groups in total. The van der Waals surface area contributed by atoms with Gasteiger partial charge in [0.25, 0.3) is 0 Å². The molecule has 0 aromatic rings. The summed E-state index contributed by atoms with van der Waals surface area (Å²) in [4.78, 5) is 2.36. The fourth-order valence-corrected chi connectivity index (χ4v) is 11.4. The van der Waals surface area contributed by atoms with Crippen molar-refractivity contribution in [1.82, 2.24) is 4.90 Å². The maximum atomic E-state index is 12.5. The molecule has 3 aliphatic heterocycles. The van der Waals surface area contributed by atoms with Crippen molar-refractivity contribution in [1.29, 1.82) is 0 Å². The lowest BCUT2D eigenvalue weighted by Crippen LogP contribution is -2.76. The molecular formula is C27H43NO7. The number of nitrogens with zero attached hydrogens (tertiary/aromatic N) is 1. The van der Waals surface area contributed by atoms with Gasteiger partial charge in [0.1, 0.15) is 17.8 Å². The fraction of sp³-hybridized carbons (Fsp3) is 1.00. The van der Waals surface area contributed by atoms with E-state index >= 15 is 0 Å². The van der Waals surface area contributed by atoms with E-state index in [-0.39, 0.29) is 23.8 Å². The topological polar surface area (TPSA) is 134 Å². The summed E-state index contributed by atoms with van der Waals surface area (Å²) in [6.07, 6.45) is 1.05. The molecule has 4 saturated carbocycles. The van der Waals surface area contributed by atoms with Crippen molar-refractivity contribution < 1.29 is 35.4 Å². The van der Waals surface area contributed by atoms with Gasteiger partial charge in [0.2, 0.25) is 0 Å². The second-order valence-corrected chi connectivity index (χ2v) is 14.1. The molecule has 7 fully saturated rings. The number of aliphatic hydroxyl groups is 6. The zero-order valence-electron chi connectivity index (χ0n) is 21.2. The summed E-state index contributed by atoms with van der Waals surface area (Å²) in [6.45, 7) is 7.73. The zero-order chi connectivity index (χ0) is 24.9. The Hall–Kier alpha value is -0.320. The number of hydrogen-bond donors (Lipinski definition) is 6. The third-order valence-electron chi connectivity index (χ3n) is 12.8. The first-order valence-corrected chi connectivity index (χ1v) is 14.0. The largest absolute Gasteiger partial charge is 0.390 e. The number of fused-ring (bicyclic) bond motifs is 5. The van der Waals surface area contributed by atoms with Crippen molar-refractivity contribution in [3.8, 4) is 0 Å². The summed E-state index contributed by atoms with van der Waals surface area (Å²) in [5.41, 5.74) is -4.08. The minimum atomic E-state index is -1.64. The van der Waals surface area contributed by atoms with E-state index < -0.39 is 58.2 Å². The number of rotatable bonds is 0. The van der Waals surface area contributed by atoms with E-state index in [1.807, 2.05) is 6.92 Å². The summed E-state index contributed by atoms with van der Waals surface area (Å²) in [6, 6.07) is -0.0745. The normalized spacial score (nSPS) is 67.5. The summed E-state index contributed by atoms with van der Waals surface area (Å²) in [7, 11) is 0. The third kappa shape index (κ3) is 2.44. The van der Waals surface area contributed by atoms with Gasteiger partial charge in [0, 0.05) is 42.3 Å². The van der Waals surface area contributed by atoms with Gasteiger partial charge in [-0.25, -0.2) is 0 Å². The molecule has 4 bridgehead atoms. The lowest BCUT2D eigenvalue weighted by Gasteiger charge is -2.63. The summed E-state index contributed by atoms with van der Waals surface area (Å²) in [5.74, 6) is -2.93. The van der Waals surface area contributed by atoms with Crippen LogP contribution in [0.15, 0.2) is 0 Å². The van der Waals surface area contributed by atoms with Crippen LogP contribution in [-0.2, 0) is 4.74 Å². The van der Waals surface area contributed by atoms with E-state index in [1.165, 1.54) is 0 Å². The summed E-state index contributed by atoms with van der Waals surface area (Å²) < 4.78 is 6.60. The summed E-state index contributed by atoms with van der Waals surface area (Å²) in [5, 5.41) is 69.9. The van der Waals surface area contributed by atoms with Gasteiger partial charge in [-0.05, 0) is 69.6 Å². The first-order valence-electron chi connectivity index (χ1n) is 14.0. The highest BCUT2D eigenvalue weighted by atomic mass is 16.7. The van der Waals surface area contributed by atoms with Gasteiger partial charge in [-0.1, -0.05) is 13.8 Å². The standard InChI is InChI=1S/C27H43NO7/c1-13-4-7-18-24(3,32)20-14(12-28(18)11-13)15-10-25-17(26(15,33)22(31)21(20)30)6-5-16-23(25,2)9-8-19(29)27(16,34)35-25/h13-22,29-34H,4-12H2,1-3H3/t13-,14-,15?,16-,17+,18?,19-,20?,21+,22-,23-,24+,25+,26-,27-/m0/s1. The lowest BCUT2D eigenvalue weighted by molar-refractivity contribution is -0.290. The van der Waals surface area contributed by atoms with Crippen LogP contribution in [0.1, 0.15) is 65.7 Å². The van der Waals surface area contributed by atoms with Gasteiger partial charge in [-0.15, -0.1) is 0 Å². The molecule has 1 spiro atoms. The van der Waals surface area contributed by atoms with Crippen LogP contribution in [0.5, 0.6) is 0 Å². The third-order valence-corrected chi connectivity index (χ3v) is 12.8. The van der Waals surface area contributed by atoms with Crippen LogP contribution in [0, 0.1) is 40.9 Å². The van der Waals surface area contributed by atoms with Crippen molar-refractivity contribution in [3.05, 3.63) is 0 Å². The maximum absolute atomic E-state index is 12.5. The minimum Gasteiger partial charge on any atom is -0.390 e. The average Bonchev–Trinajstić information content (AvgIpc) is 3.04. The van der Waals surface area contributed by atoms with Crippen molar-refractivity contribution in [3.63, 3.8) is 0 Å². The van der Waals surface area contributed by atoms with E-state index in [1.54, 1.807) is 0 Å². The molecule has 3 heterocycles. The van der Waals surface area contributed by atoms with E-state index in [9.17, 15) is 30.6 Å². The molecule has 0 aromatic heterocycles. The average molecular weight is 494 g/mol. The van der Waals surface area contributed by atoms with Gasteiger partial charge < -0.3 is 35.4 Å². The van der Waals surface area contributed by atoms with Crippen LogP contribution in [0.3, 0.4) is 0 Å². The molecule has 7 aliphatic rings. The molecule has 8 nitrogen and oxygen atoms in total. The molecule has 0 radical (unpaired) electrons. The van der Waals surface area contributed by atoms with Gasteiger partial charge in [-0.3, -0.25) is 4.90 Å². The van der Waals surface area contributed by atoms with Crippen LogP contribution in [-0.4, -0.2) is 95.6 Å². The predicted octanol–water partition coefficient (Wildman–Crippen LogP) is 0.215. The Labute approximate surface area is 207 Å². The molecule has 7 rings (SSSR count). The second kappa shape index (κ2) is 6.81. The van der Waals surface area contributed by atoms with Crippen LogP contribution >= 0.6 is 0 Å². The number of ether oxygens (including phenoxy) is 1. The van der Waals surface area contributed by atoms with Gasteiger partial charge in [-0.2, -0.15) is 0 Å². The van der Waals surface area contributed by atoms with Gasteiger partial charge >= 0.3 is 0 Å². The van der Waals surface area contributed by atoms with Crippen LogP contribution in [0.2, 0.25) is 0 Å². The van der Waals surface area contributed by atoms with E-state index in [2.05, 4.69) is 18.7 Å². The molecule has 15 atom stereocenters. The first kappa shape index (κ1) is 23.8. The van der Waals surface area contributed by atoms with E-state index in [0.717, 1.165) is 19.4 Å². The molecule has 8 heteroatoms. The van der Waals surface area contributed by atoms with Gasteiger partial charge in [0.15, 0.2) is 5.79 Å². The fourth-order valence-electron chi connectivity index (χ4n) is 11.4. The van der Waals surface area contributed by atoms with Crippen LogP contribution in [0.4, 0.5) is 0 Å². The molecule has 0 amide bonds. The van der Waals surface area contributed by atoms with E-state index in [0.29, 0.717) is 44.6 Å². The SMILES string of the molecule is C[C@H]1CCC2N(C1)C[C@@H]1C([C@@H](O)[C@H](O)[C@]3(O)C1C[C@@]14O[C@@]5(O)[C@@H](CC[C@@H]31)[C@]4(C)CC[C@@H]5O)[C@]2(C)O. The van der Waals surface area contributed by atoms with Gasteiger partial charge in [0.05, 0.1) is 17.3 Å². The molecular weight excluding hydrogens is 450 g/mol. The van der Waals surface area contributed by atoms with Crippen LogP contribution < -0.4 is 0 Å². The molecule has 35 heavy (non-hydrogen) atoms. The Balaban J connectivity index is 1.35. The Morgan fingerprint density at radius 2 is 1.60 bits per heavy atom. The number of piperidine rings is 2. The highest BCUT2D eigenvalue weighted by molar-refractivity contribution is 5.31. The Morgan fingerprint density at radius 3 is 2.34 bits per heavy atom. The molecule has 0 aromatic carbocycles. The first-order chi connectivity index (χ1) is 16.3. The van der Waals surface area contributed by atoms with E-state index in [4.69, 9.17) is 4.74 Å². The summed E-state index contributed by atoms with van der Waals surface area (Å²) >= 11 is 0. The smallest absolute Gasteiger partial charge is 0.196 e. The number of aliphatic hydroxyl groups excluding tert-OH is 3. The maximum Gasteiger partial charge on any atom is 0.196 e. The minimum absolute atomic E-state index is 0.0745. The van der Waals surface area contributed by atoms with Crippen molar-refractivity contribution in [2.45, 2.75) is 113 Å². The highest BCUT2D eigenvalue weighted by Crippen LogP contribution is 2.76. The number of hydrogen-bond acceptors (Lipinski definition) is 8. The molecule has 3 unspecified atom stereocenters. The van der Waals surface area contributed by atoms with Crippen molar-refractivity contribution in [2.24, 2.45) is 40.9 Å². The second-order valence-electron chi connectivity index (χ2n) is 14.1. The van der Waals surface area contributed by atoms with Crippen molar-refractivity contribution in [2.75, 3.05) is 13.1 Å². The molecule has 3 saturated heterocycles. The van der Waals surface area contributed by atoms with Crippen LogP contribution in [0.25, 0.3) is 0 Å². The quantitative estimate of drug-likeness (QED) is 0.282. The predicted molar refractivity (Wildman–Crippen MR) is 125 cm³/mol. The Morgan fingerprint density at radius 1 is 0.886 bits per heavy atom. The Bertz CT molecular complexity index is 931.